The Balaban J connectivity index is 2.39. The second-order valence-electron chi connectivity index (χ2n) is 9.88. The molecule has 1 atom stereocenters. The molecule has 0 heterocycles. The smallest absolute Gasteiger partial charge is 0.363 e. The van der Waals surface area contributed by atoms with Crippen molar-refractivity contribution in [2.75, 3.05) is 54.0 Å². The highest BCUT2D eigenvalue weighted by Gasteiger charge is 2.32. The van der Waals surface area contributed by atoms with Gasteiger partial charge < -0.3 is 33.5 Å². The van der Waals surface area contributed by atoms with Gasteiger partial charge in [-0.2, -0.15) is 0 Å². The third kappa shape index (κ3) is 12.4. The van der Waals surface area contributed by atoms with Gasteiger partial charge in [0.25, 0.3) is 6.23 Å². The molecule has 42 heavy (non-hydrogen) atoms. The maximum absolute atomic E-state index is 13.2. The molecule has 0 bridgehead atoms. The molecule has 2 aromatic rings. The van der Waals surface area contributed by atoms with Crippen LogP contribution in [0.2, 0.25) is 0 Å². The average molecular weight is 591 g/mol. The molecule has 0 aliphatic rings. The topological polar surface area (TPSA) is 133 Å². The number of carboxylic acid groups (broad SMARTS) is 1. The van der Waals surface area contributed by atoms with Crippen molar-refractivity contribution < 1.29 is 47.9 Å². The van der Waals surface area contributed by atoms with Gasteiger partial charge in [-0.25, -0.2) is 4.79 Å². The van der Waals surface area contributed by atoms with Crippen molar-refractivity contribution in [2.45, 2.75) is 40.1 Å². The molecule has 0 spiro atoms. The molecule has 1 unspecified atom stereocenters. The summed E-state index contributed by atoms with van der Waals surface area (Å²) < 4.78 is 32.3. The molecule has 0 fully saturated rings. The Bertz CT molecular complexity index is 1130. The molecule has 1 N–H and O–H groups in total. The highest BCUT2D eigenvalue weighted by molar-refractivity contribution is 5.78. The number of carboxylic acids is 1. The Morgan fingerprint density at radius 2 is 1.38 bits per heavy atom. The van der Waals surface area contributed by atoms with Crippen LogP contribution < -0.4 is 9.47 Å². The van der Waals surface area contributed by atoms with Crippen LogP contribution in [0.5, 0.6) is 11.5 Å². The molecule has 2 rings (SSSR count). The van der Waals surface area contributed by atoms with E-state index in [1.807, 2.05) is 44.2 Å². The molecule has 0 aliphatic heterocycles. The first-order valence-corrected chi connectivity index (χ1v) is 13.6. The lowest BCUT2D eigenvalue weighted by Gasteiger charge is -2.32. The maximum atomic E-state index is 13.2. The fourth-order valence-corrected chi connectivity index (χ4v) is 3.96. The molecule has 0 saturated carbocycles. The van der Waals surface area contributed by atoms with Crippen LogP contribution in [0.15, 0.2) is 48.5 Å². The number of hydrogen-bond donors (Lipinski definition) is 1. The monoisotopic (exact) mass is 590 g/mol. The van der Waals surface area contributed by atoms with Crippen LogP contribution in [0.1, 0.15) is 31.9 Å². The highest BCUT2D eigenvalue weighted by Crippen LogP contribution is 2.23. The maximum Gasteiger partial charge on any atom is 0.363 e. The number of carbonyl (C=O) groups excluding carboxylic acids is 2. The zero-order valence-electron chi connectivity index (χ0n) is 24.9. The van der Waals surface area contributed by atoms with Gasteiger partial charge in [-0.15, -0.1) is 0 Å². The number of rotatable bonds is 20. The fourth-order valence-electron chi connectivity index (χ4n) is 3.96. The summed E-state index contributed by atoms with van der Waals surface area (Å²) in [5.74, 6) is -1.27. The van der Waals surface area contributed by atoms with Gasteiger partial charge in [0.15, 0.2) is 13.6 Å². The zero-order chi connectivity index (χ0) is 30.9. The van der Waals surface area contributed by atoms with Crippen LogP contribution in [0, 0.1) is 5.92 Å². The third-order valence-electron chi connectivity index (χ3n) is 5.81. The van der Waals surface area contributed by atoms with Gasteiger partial charge in [-0.1, -0.05) is 50.2 Å². The lowest BCUT2D eigenvalue weighted by atomic mass is 10.1. The minimum atomic E-state index is -1.37. The number of ether oxygens (including phenoxy) is 6. The molecule has 12 nitrogen and oxygen atoms in total. The summed E-state index contributed by atoms with van der Waals surface area (Å²) in [6.45, 7) is 5.62. The van der Waals surface area contributed by atoms with E-state index < -0.39 is 24.1 Å². The van der Waals surface area contributed by atoms with Crippen LogP contribution in [0.25, 0.3) is 0 Å². The van der Waals surface area contributed by atoms with Gasteiger partial charge >= 0.3 is 17.9 Å². The van der Waals surface area contributed by atoms with Crippen LogP contribution in [-0.2, 0) is 46.4 Å². The standard InChI is InChI=1S/C30H42N2O10/c1-22(2)19-39-30(36)29(42-23(3)33)32(17-25-11-7-9-13-27(25)41-21-38-5)15-14-31(18-28(34)35)16-24-10-6-8-12-26(24)40-20-37-4/h6-13,22,29H,14-21H2,1-5H3,(H,34,35). The first-order valence-electron chi connectivity index (χ1n) is 13.6. The Morgan fingerprint density at radius 3 is 1.88 bits per heavy atom. The summed E-state index contributed by atoms with van der Waals surface area (Å²) in [7, 11) is 3.02. The van der Waals surface area contributed by atoms with Crippen LogP contribution >= 0.6 is 0 Å². The van der Waals surface area contributed by atoms with E-state index in [4.69, 9.17) is 28.4 Å². The van der Waals surface area contributed by atoms with E-state index in [0.29, 0.717) is 17.1 Å². The van der Waals surface area contributed by atoms with Crippen LogP contribution in [0.4, 0.5) is 0 Å². The predicted molar refractivity (Wildman–Crippen MR) is 153 cm³/mol. The van der Waals surface area contributed by atoms with Crippen molar-refractivity contribution in [3.05, 3.63) is 59.7 Å². The summed E-state index contributed by atoms with van der Waals surface area (Å²) in [5, 5.41) is 9.65. The summed E-state index contributed by atoms with van der Waals surface area (Å²) >= 11 is 0. The van der Waals surface area contributed by atoms with Gasteiger partial charge in [0, 0.05) is 58.4 Å². The number of carbonyl (C=O) groups is 3. The number of benzene rings is 2. The molecule has 232 valence electrons. The molecule has 0 aliphatic carbocycles. The minimum Gasteiger partial charge on any atom is -0.480 e. The van der Waals surface area contributed by atoms with Gasteiger partial charge in [-0.05, 0) is 18.1 Å². The Kier molecular flexibility index (Phi) is 15.3. The lowest BCUT2D eigenvalue weighted by Crippen LogP contribution is -2.48. The molecule has 0 aromatic heterocycles. The summed E-state index contributed by atoms with van der Waals surface area (Å²) in [6, 6.07) is 14.5. The minimum absolute atomic E-state index is 0.0117. The second-order valence-corrected chi connectivity index (χ2v) is 9.88. The zero-order valence-corrected chi connectivity index (χ0v) is 24.9. The van der Waals surface area contributed by atoms with E-state index >= 15 is 0 Å². The number of hydrogen-bond acceptors (Lipinski definition) is 11. The molecular weight excluding hydrogens is 548 g/mol. The number of methoxy groups -OCH3 is 2. The van der Waals surface area contributed by atoms with E-state index in [-0.39, 0.29) is 58.8 Å². The molecule has 12 heteroatoms. The molecule has 0 radical (unpaired) electrons. The number of esters is 2. The van der Waals surface area contributed by atoms with E-state index in [0.717, 1.165) is 5.56 Å². The van der Waals surface area contributed by atoms with E-state index in [1.165, 1.54) is 21.1 Å². The third-order valence-corrected chi connectivity index (χ3v) is 5.81. The lowest BCUT2D eigenvalue weighted by molar-refractivity contribution is -0.182. The molecule has 2 aromatic carbocycles. The van der Waals surface area contributed by atoms with Crippen molar-refractivity contribution in [1.29, 1.82) is 0 Å². The highest BCUT2D eigenvalue weighted by atomic mass is 16.7. The normalized spacial score (nSPS) is 11.9. The molecule has 0 amide bonds. The Labute approximate surface area is 247 Å². The van der Waals surface area contributed by atoms with Crippen molar-refractivity contribution in [1.82, 2.24) is 9.80 Å². The van der Waals surface area contributed by atoms with E-state index in [9.17, 15) is 19.5 Å². The van der Waals surface area contributed by atoms with Gasteiger partial charge in [0.05, 0.1) is 13.2 Å². The Morgan fingerprint density at radius 1 is 0.833 bits per heavy atom. The largest absolute Gasteiger partial charge is 0.480 e. The number of aliphatic carboxylic acids is 1. The van der Waals surface area contributed by atoms with E-state index in [2.05, 4.69) is 0 Å². The molecular formula is C30H42N2O10. The molecule has 0 saturated heterocycles. The van der Waals surface area contributed by atoms with Gasteiger partial charge in [0.2, 0.25) is 0 Å². The summed E-state index contributed by atoms with van der Waals surface area (Å²) in [5.41, 5.74) is 1.46. The van der Waals surface area contributed by atoms with Gasteiger partial charge in [-0.3, -0.25) is 19.4 Å². The van der Waals surface area contributed by atoms with Crippen molar-refractivity contribution >= 4 is 17.9 Å². The second kappa shape index (κ2) is 18.7. The van der Waals surface area contributed by atoms with Gasteiger partial charge in [0.1, 0.15) is 11.5 Å². The quantitative estimate of drug-likeness (QED) is 0.179. The van der Waals surface area contributed by atoms with Crippen molar-refractivity contribution in [3.8, 4) is 11.5 Å². The Hall–Kier alpha value is -3.71. The first kappa shape index (κ1) is 34.5. The number of para-hydroxylation sites is 2. The van der Waals surface area contributed by atoms with Crippen molar-refractivity contribution in [2.24, 2.45) is 5.92 Å². The van der Waals surface area contributed by atoms with Crippen LogP contribution in [0.3, 0.4) is 0 Å². The summed E-state index contributed by atoms with van der Waals surface area (Å²) in [6.07, 6.45) is -1.37. The SMILES string of the molecule is COCOc1ccccc1CN(CCN(Cc1ccccc1OCOC)C(OC(C)=O)C(=O)OCC(C)C)CC(=O)O. The van der Waals surface area contributed by atoms with E-state index in [1.54, 1.807) is 28.0 Å². The van der Waals surface area contributed by atoms with Crippen molar-refractivity contribution in [3.63, 3.8) is 0 Å². The number of nitrogens with zero attached hydrogens (tertiary/aromatic N) is 2. The fraction of sp³-hybridized carbons (Fsp3) is 0.500. The average Bonchev–Trinajstić information content (AvgIpc) is 2.95. The first-order chi connectivity index (χ1) is 20.1. The van der Waals surface area contributed by atoms with Crippen LogP contribution in [-0.4, -0.2) is 93.1 Å². The summed E-state index contributed by atoms with van der Waals surface area (Å²) in [4.78, 5) is 40.4. The predicted octanol–water partition coefficient (Wildman–Crippen LogP) is 3.13.